The third-order valence-corrected chi connectivity index (χ3v) is 1.34. The zero-order valence-electron chi connectivity index (χ0n) is 4.76. The van der Waals surface area contributed by atoms with Gasteiger partial charge in [-0.1, -0.05) is 0 Å². The van der Waals surface area contributed by atoms with Crippen LogP contribution in [0.25, 0.3) is 0 Å². The Morgan fingerprint density at radius 3 is 2.22 bits per heavy atom. The molecular weight excluding hydrogens is 138 g/mol. The van der Waals surface area contributed by atoms with E-state index in [2.05, 4.69) is 9.97 Å². The predicted octanol–water partition coefficient (Wildman–Crippen LogP) is -2.50. The van der Waals surface area contributed by atoms with Gasteiger partial charge in [0.25, 0.3) is 5.91 Å². The standard InChI is InChI=1S/C3H5N3O2Si/c7-2-1(6-9)4-3(8)5-2/h9H3,(H2,4,5,6,7,8). The van der Waals surface area contributed by atoms with Crippen LogP contribution in [0.3, 0.4) is 0 Å². The zero-order chi connectivity index (χ0) is 6.85. The topological polar surface area (TPSA) is 70.6 Å². The Morgan fingerprint density at radius 2 is 2.00 bits per heavy atom. The van der Waals surface area contributed by atoms with Gasteiger partial charge in [-0.2, -0.15) is 0 Å². The summed E-state index contributed by atoms with van der Waals surface area (Å²) in [5.41, 5.74) is 0. The molecule has 0 aromatic rings. The van der Waals surface area contributed by atoms with Crippen molar-refractivity contribution in [2.24, 2.45) is 4.66 Å². The van der Waals surface area contributed by atoms with Crippen LogP contribution in [-0.2, 0) is 4.79 Å². The largest absolute Gasteiger partial charge is 0.327 e. The molecule has 1 heterocycles. The van der Waals surface area contributed by atoms with Crippen molar-refractivity contribution in [2.75, 3.05) is 0 Å². The highest BCUT2D eigenvalue weighted by Gasteiger charge is 2.22. The van der Waals surface area contributed by atoms with Crippen LogP contribution in [0.15, 0.2) is 4.66 Å². The molecule has 48 valence electrons. The van der Waals surface area contributed by atoms with Crippen molar-refractivity contribution in [3.8, 4) is 0 Å². The highest BCUT2D eigenvalue weighted by molar-refractivity contribution is 6.49. The maximum atomic E-state index is 10.5. The van der Waals surface area contributed by atoms with Gasteiger partial charge in [0, 0.05) is 0 Å². The SMILES string of the molecule is O=C1NC(=O)C(=N[SiH3])N1. The first-order valence-electron chi connectivity index (χ1n) is 2.33. The normalized spacial score (nSPS) is 22.4. The van der Waals surface area contributed by atoms with Gasteiger partial charge in [-0.3, -0.25) is 15.4 Å². The molecule has 1 fully saturated rings. The number of imide groups is 1. The van der Waals surface area contributed by atoms with Gasteiger partial charge in [0.15, 0.2) is 5.84 Å². The number of carbonyl (C=O) groups is 2. The van der Waals surface area contributed by atoms with Crippen LogP contribution in [-0.4, -0.2) is 28.2 Å². The minimum Gasteiger partial charge on any atom is -0.314 e. The molecule has 0 aromatic carbocycles. The van der Waals surface area contributed by atoms with Gasteiger partial charge in [0.2, 0.25) is 0 Å². The predicted molar refractivity (Wildman–Crippen MR) is 34.0 cm³/mol. The fraction of sp³-hybridized carbons (Fsp3) is 0. The molecular formula is C3H5N3O2Si. The second-order valence-electron chi connectivity index (χ2n) is 1.48. The Balaban J connectivity index is 2.81. The van der Waals surface area contributed by atoms with Crippen molar-refractivity contribution in [1.82, 2.24) is 10.6 Å². The lowest BCUT2D eigenvalue weighted by Crippen LogP contribution is -2.22. The number of amidine groups is 1. The number of nitrogens with zero attached hydrogens (tertiary/aromatic N) is 1. The molecule has 9 heavy (non-hydrogen) atoms. The Hall–Kier alpha value is -1.17. The fourth-order valence-corrected chi connectivity index (χ4v) is 0.830. The first kappa shape index (κ1) is 5.95. The van der Waals surface area contributed by atoms with Gasteiger partial charge in [-0.05, 0) is 0 Å². The summed E-state index contributed by atoms with van der Waals surface area (Å²) in [6.45, 7) is 0. The summed E-state index contributed by atoms with van der Waals surface area (Å²) in [5.74, 6) is -0.304. The molecule has 1 aliphatic rings. The van der Waals surface area contributed by atoms with Crippen LogP contribution >= 0.6 is 0 Å². The molecule has 0 aromatic heterocycles. The molecule has 0 spiro atoms. The molecule has 5 nitrogen and oxygen atoms in total. The molecule has 1 aliphatic heterocycles. The van der Waals surface area contributed by atoms with Crippen molar-refractivity contribution in [3.63, 3.8) is 0 Å². The molecule has 0 bridgehead atoms. The average Bonchev–Trinajstić information content (AvgIpc) is 2.10. The van der Waals surface area contributed by atoms with E-state index in [4.69, 9.17) is 0 Å². The van der Waals surface area contributed by atoms with Gasteiger partial charge in [0.1, 0.15) is 10.4 Å². The molecule has 0 radical (unpaired) electrons. The van der Waals surface area contributed by atoms with Crippen molar-refractivity contribution >= 4 is 28.2 Å². The maximum Gasteiger partial charge on any atom is 0.327 e. The van der Waals surface area contributed by atoms with Crippen molar-refractivity contribution in [3.05, 3.63) is 0 Å². The highest BCUT2D eigenvalue weighted by atomic mass is 28.2. The second-order valence-corrected chi connectivity index (χ2v) is 1.93. The Morgan fingerprint density at radius 1 is 1.33 bits per heavy atom. The molecule has 3 amide bonds. The van der Waals surface area contributed by atoms with E-state index in [0.29, 0.717) is 10.4 Å². The lowest BCUT2D eigenvalue weighted by atomic mass is 10.6. The van der Waals surface area contributed by atoms with E-state index in [1.165, 1.54) is 0 Å². The smallest absolute Gasteiger partial charge is 0.314 e. The summed E-state index contributed by atoms with van der Waals surface area (Å²) < 4.78 is 3.63. The third kappa shape index (κ3) is 0.967. The number of hydrogen-bond acceptors (Lipinski definition) is 3. The summed E-state index contributed by atoms with van der Waals surface area (Å²) >= 11 is 0. The zero-order valence-corrected chi connectivity index (χ0v) is 6.76. The van der Waals surface area contributed by atoms with Crippen LogP contribution < -0.4 is 10.6 Å². The van der Waals surface area contributed by atoms with Gasteiger partial charge in [-0.15, -0.1) is 0 Å². The van der Waals surface area contributed by atoms with Crippen LogP contribution in [0.4, 0.5) is 4.79 Å². The summed E-state index contributed by atoms with van der Waals surface area (Å²) in [7, 11) is 0.523. The lowest BCUT2D eigenvalue weighted by Gasteiger charge is -1.84. The van der Waals surface area contributed by atoms with E-state index in [0.717, 1.165) is 0 Å². The monoisotopic (exact) mass is 143 g/mol. The summed E-state index contributed by atoms with van der Waals surface area (Å²) in [5, 5.41) is 4.26. The molecule has 2 N–H and O–H groups in total. The quantitative estimate of drug-likeness (QED) is 0.291. The summed E-state index contributed by atoms with van der Waals surface area (Å²) in [4.78, 5) is 20.8. The summed E-state index contributed by atoms with van der Waals surface area (Å²) in [6, 6.07) is -0.491. The van der Waals surface area contributed by atoms with E-state index in [1.807, 2.05) is 5.32 Å². The van der Waals surface area contributed by atoms with Crippen LogP contribution in [0, 0.1) is 0 Å². The van der Waals surface area contributed by atoms with Crippen LogP contribution in [0.1, 0.15) is 0 Å². The van der Waals surface area contributed by atoms with Crippen LogP contribution in [0.5, 0.6) is 0 Å². The minimum absolute atomic E-state index is 0.131. The highest BCUT2D eigenvalue weighted by Crippen LogP contribution is 1.81. The molecule has 1 rings (SSSR count). The second kappa shape index (κ2) is 1.98. The Kier molecular flexibility index (Phi) is 1.31. The van der Waals surface area contributed by atoms with E-state index in [-0.39, 0.29) is 5.84 Å². The number of carbonyl (C=O) groups excluding carboxylic acids is 2. The third-order valence-electron chi connectivity index (χ3n) is 0.898. The van der Waals surface area contributed by atoms with Crippen molar-refractivity contribution < 1.29 is 9.59 Å². The average molecular weight is 143 g/mol. The first-order chi connectivity index (χ1) is 4.24. The number of urea groups is 1. The van der Waals surface area contributed by atoms with Gasteiger partial charge < -0.3 is 4.66 Å². The molecule has 1 saturated heterocycles. The van der Waals surface area contributed by atoms with E-state index in [1.54, 1.807) is 0 Å². The molecule has 0 unspecified atom stereocenters. The van der Waals surface area contributed by atoms with Crippen molar-refractivity contribution in [2.45, 2.75) is 0 Å². The number of nitrogens with one attached hydrogen (secondary N) is 2. The summed E-state index contributed by atoms with van der Waals surface area (Å²) in [6.07, 6.45) is 0. The minimum atomic E-state index is -0.491. The number of amides is 3. The van der Waals surface area contributed by atoms with Gasteiger partial charge in [-0.25, -0.2) is 4.79 Å². The van der Waals surface area contributed by atoms with Gasteiger partial charge in [0.05, 0.1) is 0 Å². The number of hydrogen-bond donors (Lipinski definition) is 2. The molecule has 0 atom stereocenters. The molecule has 6 heteroatoms. The molecule has 0 saturated carbocycles. The Labute approximate surface area is 54.0 Å². The van der Waals surface area contributed by atoms with Crippen molar-refractivity contribution in [1.29, 1.82) is 0 Å². The van der Waals surface area contributed by atoms with E-state index < -0.39 is 11.9 Å². The Bertz CT molecular complexity index is 199. The van der Waals surface area contributed by atoms with Crippen LogP contribution in [0.2, 0.25) is 0 Å². The fourth-order valence-electron chi connectivity index (χ4n) is 0.515. The molecule has 0 aliphatic carbocycles. The lowest BCUT2D eigenvalue weighted by molar-refractivity contribution is -0.113. The van der Waals surface area contributed by atoms with E-state index in [9.17, 15) is 9.59 Å². The first-order valence-corrected chi connectivity index (χ1v) is 3.22. The van der Waals surface area contributed by atoms with E-state index >= 15 is 0 Å². The van der Waals surface area contributed by atoms with Gasteiger partial charge >= 0.3 is 6.03 Å². The maximum absolute atomic E-state index is 10.5. The number of rotatable bonds is 0.